The molecule has 2 fully saturated rings. The molecular formula is C14H27NO3S. The molecule has 0 amide bonds. The molecule has 0 aromatic heterocycles. The van der Waals surface area contributed by atoms with Crippen LogP contribution in [0.4, 0.5) is 0 Å². The summed E-state index contributed by atoms with van der Waals surface area (Å²) in [4.78, 5) is 0. The van der Waals surface area contributed by atoms with Crippen LogP contribution in [0.5, 0.6) is 0 Å². The van der Waals surface area contributed by atoms with Crippen molar-refractivity contribution in [3.05, 3.63) is 0 Å². The Kier molecular flexibility index (Phi) is 4.90. The first-order valence-corrected chi connectivity index (χ1v) is 9.38. The third-order valence-corrected chi connectivity index (χ3v) is 6.33. The highest BCUT2D eigenvalue weighted by molar-refractivity contribution is 7.91. The minimum Gasteiger partial charge on any atom is -0.377 e. The van der Waals surface area contributed by atoms with E-state index in [0.717, 1.165) is 32.5 Å². The normalized spacial score (nSPS) is 31.8. The Morgan fingerprint density at radius 1 is 1.32 bits per heavy atom. The molecule has 0 radical (unpaired) electrons. The van der Waals surface area contributed by atoms with E-state index in [2.05, 4.69) is 12.2 Å². The van der Waals surface area contributed by atoms with Crippen molar-refractivity contribution in [2.24, 2.45) is 11.3 Å². The van der Waals surface area contributed by atoms with Gasteiger partial charge in [0, 0.05) is 24.3 Å². The maximum Gasteiger partial charge on any atom is 0.150 e. The van der Waals surface area contributed by atoms with Crippen LogP contribution in [0.2, 0.25) is 0 Å². The van der Waals surface area contributed by atoms with Gasteiger partial charge in [0.15, 0.2) is 0 Å². The molecule has 1 N–H and O–H groups in total. The molecule has 1 aliphatic carbocycles. The topological polar surface area (TPSA) is 55.4 Å². The van der Waals surface area contributed by atoms with Gasteiger partial charge in [0.05, 0.1) is 11.9 Å². The lowest BCUT2D eigenvalue weighted by atomic mass is 9.76. The summed E-state index contributed by atoms with van der Waals surface area (Å²) in [6, 6.07) is 0. The Labute approximate surface area is 117 Å². The molecule has 4 nitrogen and oxygen atoms in total. The molecule has 2 atom stereocenters. The van der Waals surface area contributed by atoms with E-state index < -0.39 is 9.84 Å². The third-order valence-electron chi connectivity index (χ3n) is 4.63. The zero-order valence-electron chi connectivity index (χ0n) is 12.2. The lowest BCUT2D eigenvalue weighted by molar-refractivity contribution is 0.0294. The molecule has 5 heteroatoms. The van der Waals surface area contributed by atoms with Crippen LogP contribution >= 0.6 is 0 Å². The fraction of sp³-hybridized carbons (Fsp3) is 1.00. The van der Waals surface area contributed by atoms with Crippen LogP contribution in [0.25, 0.3) is 0 Å². The Hall–Kier alpha value is -0.130. The average molecular weight is 289 g/mol. The summed E-state index contributed by atoms with van der Waals surface area (Å²) in [6.45, 7) is 6.44. The zero-order chi connectivity index (χ0) is 13.9. The highest BCUT2D eigenvalue weighted by Gasteiger charge is 2.50. The highest BCUT2D eigenvalue weighted by Crippen LogP contribution is 2.49. The van der Waals surface area contributed by atoms with E-state index in [4.69, 9.17) is 4.74 Å². The largest absolute Gasteiger partial charge is 0.377 e. The van der Waals surface area contributed by atoms with Gasteiger partial charge in [-0.25, -0.2) is 8.42 Å². The van der Waals surface area contributed by atoms with Crippen molar-refractivity contribution < 1.29 is 13.2 Å². The Morgan fingerprint density at radius 3 is 2.63 bits per heavy atom. The molecule has 2 rings (SSSR count). The van der Waals surface area contributed by atoms with Crippen LogP contribution < -0.4 is 5.32 Å². The van der Waals surface area contributed by atoms with Gasteiger partial charge in [-0.05, 0) is 38.1 Å². The summed E-state index contributed by atoms with van der Waals surface area (Å²) >= 11 is 0. The SMILES string of the molecule is CCNCC1(CCS(=O)(=O)CC)CCOC1C1CC1. The standard InChI is InChI=1S/C14H27NO3S/c1-3-15-11-14(8-10-19(16,17)4-2)7-9-18-13(14)12-5-6-12/h12-13,15H,3-11H2,1-2H3. The molecule has 19 heavy (non-hydrogen) atoms. The zero-order valence-corrected chi connectivity index (χ0v) is 13.0. The highest BCUT2D eigenvalue weighted by atomic mass is 32.2. The van der Waals surface area contributed by atoms with E-state index in [-0.39, 0.29) is 17.3 Å². The molecule has 1 aliphatic heterocycles. The van der Waals surface area contributed by atoms with Gasteiger partial charge < -0.3 is 10.1 Å². The Bertz CT molecular complexity index is 391. The first-order valence-electron chi connectivity index (χ1n) is 7.56. The molecular weight excluding hydrogens is 262 g/mol. The fourth-order valence-electron chi connectivity index (χ4n) is 3.16. The second kappa shape index (κ2) is 6.10. The molecule has 112 valence electrons. The monoisotopic (exact) mass is 289 g/mol. The van der Waals surface area contributed by atoms with E-state index in [1.165, 1.54) is 12.8 Å². The number of hydrogen-bond acceptors (Lipinski definition) is 4. The fourth-order valence-corrected chi connectivity index (χ4v) is 4.17. The van der Waals surface area contributed by atoms with Gasteiger partial charge in [-0.3, -0.25) is 0 Å². The quantitative estimate of drug-likeness (QED) is 0.737. The van der Waals surface area contributed by atoms with Crippen molar-refractivity contribution in [2.45, 2.75) is 45.6 Å². The third kappa shape index (κ3) is 3.70. The van der Waals surface area contributed by atoms with Crippen molar-refractivity contribution in [2.75, 3.05) is 31.2 Å². The average Bonchev–Trinajstić information content (AvgIpc) is 3.16. The van der Waals surface area contributed by atoms with Crippen LogP contribution in [0.1, 0.15) is 39.5 Å². The molecule has 0 bridgehead atoms. The summed E-state index contributed by atoms with van der Waals surface area (Å²) < 4.78 is 29.6. The molecule has 0 aromatic rings. The molecule has 1 saturated carbocycles. The van der Waals surface area contributed by atoms with Gasteiger partial charge in [-0.1, -0.05) is 13.8 Å². The Morgan fingerprint density at radius 2 is 2.05 bits per heavy atom. The minimum atomic E-state index is -2.88. The molecule has 1 saturated heterocycles. The van der Waals surface area contributed by atoms with E-state index in [0.29, 0.717) is 11.7 Å². The lowest BCUT2D eigenvalue weighted by Gasteiger charge is -2.34. The summed E-state index contributed by atoms with van der Waals surface area (Å²) in [6.07, 6.45) is 4.52. The van der Waals surface area contributed by atoms with Crippen LogP contribution in [0.3, 0.4) is 0 Å². The lowest BCUT2D eigenvalue weighted by Crippen LogP contribution is -2.43. The van der Waals surface area contributed by atoms with E-state index in [1.807, 2.05) is 0 Å². The van der Waals surface area contributed by atoms with Gasteiger partial charge >= 0.3 is 0 Å². The van der Waals surface area contributed by atoms with Gasteiger partial charge in [-0.15, -0.1) is 0 Å². The van der Waals surface area contributed by atoms with Crippen molar-refractivity contribution in [1.82, 2.24) is 5.32 Å². The van der Waals surface area contributed by atoms with Crippen LogP contribution in [-0.4, -0.2) is 45.7 Å². The summed E-state index contributed by atoms with van der Waals surface area (Å²) in [7, 11) is -2.88. The predicted octanol–water partition coefficient (Wildman–Crippen LogP) is 1.61. The first-order chi connectivity index (χ1) is 9.03. The molecule has 2 aliphatic rings. The second-order valence-corrected chi connectivity index (χ2v) is 8.48. The van der Waals surface area contributed by atoms with Crippen molar-refractivity contribution in [3.8, 4) is 0 Å². The maximum atomic E-state index is 11.8. The van der Waals surface area contributed by atoms with Crippen LogP contribution in [0, 0.1) is 11.3 Å². The summed E-state index contributed by atoms with van der Waals surface area (Å²) in [5.74, 6) is 1.23. The molecule has 2 unspecified atom stereocenters. The molecule has 0 spiro atoms. The van der Waals surface area contributed by atoms with Gasteiger partial charge in [0.1, 0.15) is 9.84 Å². The van der Waals surface area contributed by atoms with Crippen LogP contribution in [-0.2, 0) is 14.6 Å². The minimum absolute atomic E-state index is 0.0411. The predicted molar refractivity (Wildman–Crippen MR) is 77.0 cm³/mol. The second-order valence-electron chi connectivity index (χ2n) is 6.01. The maximum absolute atomic E-state index is 11.8. The van der Waals surface area contributed by atoms with Gasteiger partial charge in [0.2, 0.25) is 0 Å². The smallest absolute Gasteiger partial charge is 0.150 e. The number of nitrogens with one attached hydrogen (secondary N) is 1. The summed E-state index contributed by atoms with van der Waals surface area (Å²) in [5, 5.41) is 3.42. The van der Waals surface area contributed by atoms with Gasteiger partial charge in [-0.2, -0.15) is 0 Å². The number of rotatable bonds is 8. The molecule has 0 aromatic carbocycles. The number of sulfone groups is 1. The number of ether oxygens (including phenoxy) is 1. The Balaban J connectivity index is 2.05. The van der Waals surface area contributed by atoms with E-state index in [1.54, 1.807) is 6.92 Å². The first kappa shape index (κ1) is 15.3. The van der Waals surface area contributed by atoms with Crippen molar-refractivity contribution in [3.63, 3.8) is 0 Å². The van der Waals surface area contributed by atoms with Gasteiger partial charge in [0.25, 0.3) is 0 Å². The summed E-state index contributed by atoms with van der Waals surface area (Å²) in [5.41, 5.74) is 0.0411. The van der Waals surface area contributed by atoms with E-state index in [9.17, 15) is 8.42 Å². The van der Waals surface area contributed by atoms with Crippen molar-refractivity contribution >= 4 is 9.84 Å². The van der Waals surface area contributed by atoms with Crippen molar-refractivity contribution in [1.29, 1.82) is 0 Å². The number of hydrogen-bond donors (Lipinski definition) is 1. The molecule has 1 heterocycles. The van der Waals surface area contributed by atoms with Crippen LogP contribution in [0.15, 0.2) is 0 Å². The van der Waals surface area contributed by atoms with E-state index >= 15 is 0 Å².